The van der Waals surface area contributed by atoms with Crippen molar-refractivity contribution in [3.8, 4) is 11.5 Å². The molecule has 2 aliphatic rings. The summed E-state index contributed by atoms with van der Waals surface area (Å²) in [4.78, 5) is 23.8. The lowest BCUT2D eigenvalue weighted by atomic mass is 10.00. The number of carbonyl (C=O) groups excluding carboxylic acids is 2. The van der Waals surface area contributed by atoms with Crippen LogP contribution in [-0.2, 0) is 11.2 Å². The highest BCUT2D eigenvalue weighted by Gasteiger charge is 2.22. The molecule has 4 rings (SSSR count). The van der Waals surface area contributed by atoms with Gasteiger partial charge in [-0.15, -0.1) is 0 Å². The van der Waals surface area contributed by atoms with Crippen LogP contribution in [0, 0.1) is 0 Å². The number of ether oxygens (including phenoxy) is 2. The number of anilines is 1. The number of carbonyl (C=O) groups is 2. The molecule has 0 aliphatic carbocycles. The summed E-state index contributed by atoms with van der Waals surface area (Å²) in [5.41, 5.74) is 2.35. The van der Waals surface area contributed by atoms with Crippen LogP contribution in [0.25, 0.3) is 0 Å². The molecule has 0 fully saturated rings. The van der Waals surface area contributed by atoms with Crippen molar-refractivity contribution < 1.29 is 19.1 Å². The second-order valence-electron chi connectivity index (χ2n) is 6.13. The van der Waals surface area contributed by atoms with Crippen molar-refractivity contribution >= 4 is 17.5 Å². The van der Waals surface area contributed by atoms with Gasteiger partial charge in [-0.2, -0.15) is 0 Å². The number of aryl methyl sites for hydroxylation is 1. The first-order valence-corrected chi connectivity index (χ1v) is 8.28. The van der Waals surface area contributed by atoms with Crippen LogP contribution in [0.15, 0.2) is 42.5 Å². The molecule has 0 bridgehead atoms. The van der Waals surface area contributed by atoms with Gasteiger partial charge in [0.25, 0.3) is 5.91 Å². The van der Waals surface area contributed by atoms with Crippen LogP contribution in [0.3, 0.4) is 0 Å². The fourth-order valence-corrected chi connectivity index (χ4v) is 3.00. The van der Waals surface area contributed by atoms with Gasteiger partial charge in [0, 0.05) is 17.7 Å². The van der Waals surface area contributed by atoms with Gasteiger partial charge in [0.1, 0.15) is 12.7 Å². The monoisotopic (exact) mass is 338 g/mol. The first kappa shape index (κ1) is 15.5. The summed E-state index contributed by atoms with van der Waals surface area (Å²) in [6.07, 6.45) is 0.874. The number of rotatable bonds is 3. The number of hydrogen-bond acceptors (Lipinski definition) is 4. The van der Waals surface area contributed by atoms with Crippen molar-refractivity contribution in [1.82, 2.24) is 5.32 Å². The third kappa shape index (κ3) is 3.28. The lowest BCUT2D eigenvalue weighted by molar-refractivity contribution is -0.116. The van der Waals surface area contributed by atoms with E-state index in [0.29, 0.717) is 37.3 Å². The molecule has 2 aromatic rings. The summed E-state index contributed by atoms with van der Waals surface area (Å²) in [6, 6.07) is 12.8. The van der Waals surface area contributed by atoms with E-state index in [2.05, 4.69) is 10.6 Å². The van der Waals surface area contributed by atoms with E-state index in [4.69, 9.17) is 9.47 Å². The summed E-state index contributed by atoms with van der Waals surface area (Å²) in [5.74, 6) is 1.26. The predicted octanol–water partition coefficient (Wildman–Crippen LogP) is 2.14. The summed E-state index contributed by atoms with van der Waals surface area (Å²) in [5, 5.41) is 5.70. The molecule has 1 atom stereocenters. The molecule has 0 aromatic heterocycles. The molecular formula is C19H18N2O4. The zero-order chi connectivity index (χ0) is 17.2. The van der Waals surface area contributed by atoms with Crippen LogP contribution in [0.4, 0.5) is 5.69 Å². The molecule has 6 nitrogen and oxygen atoms in total. The van der Waals surface area contributed by atoms with Crippen molar-refractivity contribution in [3.63, 3.8) is 0 Å². The first-order chi connectivity index (χ1) is 12.2. The van der Waals surface area contributed by atoms with Crippen LogP contribution in [-0.4, -0.2) is 31.1 Å². The molecule has 2 amide bonds. The topological polar surface area (TPSA) is 76.7 Å². The summed E-state index contributed by atoms with van der Waals surface area (Å²) < 4.78 is 11.5. The minimum Gasteiger partial charge on any atom is -0.486 e. The van der Waals surface area contributed by atoms with Crippen LogP contribution in [0.1, 0.15) is 22.3 Å². The Labute approximate surface area is 145 Å². The van der Waals surface area contributed by atoms with Crippen LogP contribution >= 0.6 is 0 Å². The quantitative estimate of drug-likeness (QED) is 0.899. The molecule has 0 unspecified atom stereocenters. The van der Waals surface area contributed by atoms with E-state index in [-0.39, 0.29) is 17.9 Å². The second kappa shape index (κ2) is 6.47. The number of para-hydroxylation sites is 2. The standard InChI is InChI=1S/C19H18N2O4/c22-18-8-6-12-9-13(5-7-15(12)21-18)19(23)20-10-14-11-24-16-3-1-2-4-17(16)25-14/h1-5,7,9,14H,6,8,10-11H2,(H,20,23)(H,21,22)/t14-/m1/s1. The van der Waals surface area contributed by atoms with Crippen molar-refractivity contribution in [2.24, 2.45) is 0 Å². The summed E-state index contributed by atoms with van der Waals surface area (Å²) in [6.45, 7) is 0.758. The Kier molecular flexibility index (Phi) is 4.01. The molecule has 6 heteroatoms. The van der Waals surface area contributed by atoms with Gasteiger partial charge in [0.05, 0.1) is 6.54 Å². The minimum absolute atomic E-state index is 0.0134. The molecule has 2 aromatic carbocycles. The molecule has 2 aliphatic heterocycles. The molecule has 0 radical (unpaired) electrons. The summed E-state index contributed by atoms with van der Waals surface area (Å²) >= 11 is 0. The molecule has 128 valence electrons. The van der Waals surface area contributed by atoms with E-state index in [1.165, 1.54) is 0 Å². The van der Waals surface area contributed by atoms with Gasteiger partial charge in [0.2, 0.25) is 5.91 Å². The van der Waals surface area contributed by atoms with Crippen molar-refractivity contribution in [3.05, 3.63) is 53.6 Å². The van der Waals surface area contributed by atoms with Crippen LogP contribution < -0.4 is 20.1 Å². The normalized spacial score (nSPS) is 18.1. The fraction of sp³-hybridized carbons (Fsp3) is 0.263. The highest BCUT2D eigenvalue weighted by molar-refractivity contribution is 5.97. The van der Waals surface area contributed by atoms with Crippen LogP contribution in [0.2, 0.25) is 0 Å². The number of hydrogen-bond donors (Lipinski definition) is 2. The van der Waals surface area contributed by atoms with Gasteiger partial charge < -0.3 is 20.1 Å². The van der Waals surface area contributed by atoms with Gasteiger partial charge in [-0.05, 0) is 42.3 Å². The molecule has 2 N–H and O–H groups in total. The largest absolute Gasteiger partial charge is 0.486 e. The zero-order valence-electron chi connectivity index (χ0n) is 13.6. The van der Waals surface area contributed by atoms with E-state index in [1.807, 2.05) is 30.3 Å². The Hall–Kier alpha value is -3.02. The first-order valence-electron chi connectivity index (χ1n) is 8.28. The maximum atomic E-state index is 12.4. The van der Waals surface area contributed by atoms with E-state index in [1.54, 1.807) is 12.1 Å². The Morgan fingerprint density at radius 3 is 2.88 bits per heavy atom. The molecule has 0 spiro atoms. The highest BCUT2D eigenvalue weighted by Crippen LogP contribution is 2.30. The Balaban J connectivity index is 1.38. The Morgan fingerprint density at radius 2 is 2.00 bits per heavy atom. The number of fused-ring (bicyclic) bond motifs is 2. The van der Waals surface area contributed by atoms with Crippen molar-refractivity contribution in [2.45, 2.75) is 18.9 Å². The van der Waals surface area contributed by atoms with Gasteiger partial charge in [-0.1, -0.05) is 12.1 Å². The summed E-state index contributed by atoms with van der Waals surface area (Å²) in [7, 11) is 0. The lowest BCUT2D eigenvalue weighted by Gasteiger charge is -2.26. The van der Waals surface area contributed by atoms with E-state index < -0.39 is 0 Å². The Bertz CT molecular complexity index is 834. The minimum atomic E-state index is -0.226. The van der Waals surface area contributed by atoms with Gasteiger partial charge in [-0.3, -0.25) is 9.59 Å². The lowest BCUT2D eigenvalue weighted by Crippen LogP contribution is -2.40. The van der Waals surface area contributed by atoms with Gasteiger partial charge in [-0.25, -0.2) is 0 Å². The van der Waals surface area contributed by atoms with Crippen molar-refractivity contribution in [2.75, 3.05) is 18.5 Å². The number of nitrogens with one attached hydrogen (secondary N) is 2. The average molecular weight is 338 g/mol. The fourth-order valence-electron chi connectivity index (χ4n) is 3.00. The van der Waals surface area contributed by atoms with E-state index in [0.717, 1.165) is 17.0 Å². The maximum absolute atomic E-state index is 12.4. The average Bonchev–Trinajstić information content (AvgIpc) is 2.65. The van der Waals surface area contributed by atoms with Gasteiger partial charge >= 0.3 is 0 Å². The Morgan fingerprint density at radius 1 is 1.16 bits per heavy atom. The zero-order valence-corrected chi connectivity index (χ0v) is 13.6. The SMILES string of the molecule is O=C1CCc2cc(C(=O)NC[C@@H]3COc4ccccc4O3)ccc2N1. The smallest absolute Gasteiger partial charge is 0.251 e. The molecular weight excluding hydrogens is 320 g/mol. The third-order valence-corrected chi connectivity index (χ3v) is 4.32. The predicted molar refractivity (Wildman–Crippen MR) is 92.1 cm³/mol. The molecule has 0 saturated carbocycles. The molecule has 25 heavy (non-hydrogen) atoms. The van der Waals surface area contributed by atoms with E-state index >= 15 is 0 Å². The maximum Gasteiger partial charge on any atom is 0.251 e. The number of amides is 2. The second-order valence-corrected chi connectivity index (χ2v) is 6.13. The third-order valence-electron chi connectivity index (χ3n) is 4.32. The number of benzene rings is 2. The van der Waals surface area contributed by atoms with Crippen LogP contribution in [0.5, 0.6) is 11.5 Å². The van der Waals surface area contributed by atoms with Gasteiger partial charge in [0.15, 0.2) is 11.5 Å². The van der Waals surface area contributed by atoms with Crippen molar-refractivity contribution in [1.29, 1.82) is 0 Å². The highest BCUT2D eigenvalue weighted by atomic mass is 16.6. The van der Waals surface area contributed by atoms with E-state index in [9.17, 15) is 9.59 Å². The molecule has 2 heterocycles. The molecule has 0 saturated heterocycles.